The van der Waals surface area contributed by atoms with Crippen molar-refractivity contribution in [2.45, 2.75) is 0 Å². The normalized spacial score (nSPS) is 11.3. The predicted octanol–water partition coefficient (Wildman–Crippen LogP) is 2.06. The van der Waals surface area contributed by atoms with Crippen LogP contribution in [0.15, 0.2) is 29.3 Å². The Morgan fingerprint density at radius 1 is 1.31 bits per heavy atom. The van der Waals surface area contributed by atoms with Crippen molar-refractivity contribution in [3.8, 4) is 5.75 Å². The van der Waals surface area contributed by atoms with Crippen LogP contribution in [0.4, 0.5) is 0 Å². The van der Waals surface area contributed by atoms with Gasteiger partial charge in [-0.1, -0.05) is 23.7 Å². The Labute approximate surface area is 79.9 Å². The highest BCUT2D eigenvalue weighted by Crippen LogP contribution is 2.14. The summed E-state index contributed by atoms with van der Waals surface area (Å²) in [6.45, 7) is 0. The van der Waals surface area contributed by atoms with E-state index >= 15 is 0 Å². The van der Waals surface area contributed by atoms with E-state index in [9.17, 15) is 4.79 Å². The lowest BCUT2D eigenvalue weighted by Gasteiger charge is -1.94. The van der Waals surface area contributed by atoms with Crippen molar-refractivity contribution >= 4 is 23.6 Å². The molecule has 0 heterocycles. The van der Waals surface area contributed by atoms with Crippen molar-refractivity contribution in [1.82, 2.24) is 0 Å². The highest BCUT2D eigenvalue weighted by atomic mass is 35.5. The third-order valence-electron chi connectivity index (χ3n) is 1.39. The largest absolute Gasteiger partial charge is 0.508 e. The first-order valence-corrected chi connectivity index (χ1v) is 3.87. The van der Waals surface area contributed by atoms with Crippen molar-refractivity contribution in [3.05, 3.63) is 34.9 Å². The molecule has 0 saturated heterocycles. The Morgan fingerprint density at radius 3 is 2.31 bits per heavy atom. The fraction of sp³-hybridized carbons (Fsp3) is 0. The summed E-state index contributed by atoms with van der Waals surface area (Å²) in [7, 11) is 0. The lowest BCUT2D eigenvalue weighted by atomic mass is 10.2. The molecule has 0 radical (unpaired) electrons. The highest BCUT2D eigenvalue weighted by Gasteiger charge is 2.01. The van der Waals surface area contributed by atoms with Crippen LogP contribution in [0, 0.1) is 0 Å². The van der Waals surface area contributed by atoms with Crippen LogP contribution in [0.25, 0.3) is 6.08 Å². The number of phenols is 1. The molecular formula is C9H7ClO3. The van der Waals surface area contributed by atoms with Gasteiger partial charge in [-0.2, -0.15) is 0 Å². The Morgan fingerprint density at radius 2 is 1.85 bits per heavy atom. The molecule has 2 N–H and O–H groups in total. The van der Waals surface area contributed by atoms with Gasteiger partial charge in [-0.05, 0) is 23.8 Å². The minimum atomic E-state index is -1.17. The lowest BCUT2D eigenvalue weighted by Crippen LogP contribution is -1.92. The van der Waals surface area contributed by atoms with Crippen LogP contribution in [0.3, 0.4) is 0 Å². The Hall–Kier alpha value is -1.48. The maximum atomic E-state index is 10.3. The molecule has 3 nitrogen and oxygen atoms in total. The molecule has 68 valence electrons. The molecule has 0 aromatic heterocycles. The Kier molecular flexibility index (Phi) is 2.93. The van der Waals surface area contributed by atoms with Gasteiger partial charge in [0.15, 0.2) is 0 Å². The summed E-state index contributed by atoms with van der Waals surface area (Å²) in [6.07, 6.45) is 1.31. The fourth-order valence-electron chi connectivity index (χ4n) is 0.779. The summed E-state index contributed by atoms with van der Waals surface area (Å²) in [4.78, 5) is 10.3. The summed E-state index contributed by atoms with van der Waals surface area (Å²) >= 11 is 5.39. The summed E-state index contributed by atoms with van der Waals surface area (Å²) in [6, 6.07) is 6.05. The maximum Gasteiger partial charge on any atom is 0.347 e. The molecule has 1 aromatic carbocycles. The van der Waals surface area contributed by atoms with E-state index in [1.807, 2.05) is 0 Å². The quantitative estimate of drug-likeness (QED) is 0.716. The number of carbonyl (C=O) groups is 1. The number of benzene rings is 1. The monoisotopic (exact) mass is 198 g/mol. The summed E-state index contributed by atoms with van der Waals surface area (Å²) in [5.41, 5.74) is 0.630. The van der Waals surface area contributed by atoms with Crippen LogP contribution in [-0.4, -0.2) is 16.2 Å². The van der Waals surface area contributed by atoms with E-state index < -0.39 is 5.97 Å². The number of hydrogen-bond donors (Lipinski definition) is 2. The molecule has 4 heteroatoms. The van der Waals surface area contributed by atoms with Crippen molar-refractivity contribution < 1.29 is 15.0 Å². The molecule has 0 fully saturated rings. The van der Waals surface area contributed by atoms with Gasteiger partial charge in [0.25, 0.3) is 0 Å². The van der Waals surface area contributed by atoms with Gasteiger partial charge < -0.3 is 10.2 Å². The number of hydrogen-bond acceptors (Lipinski definition) is 2. The zero-order chi connectivity index (χ0) is 9.84. The second-order valence-electron chi connectivity index (χ2n) is 2.39. The smallest absolute Gasteiger partial charge is 0.347 e. The number of aliphatic carboxylic acids is 1. The Balaban J connectivity index is 2.92. The summed E-state index contributed by atoms with van der Waals surface area (Å²) < 4.78 is 0. The number of phenolic OH excluding ortho intramolecular Hbond substituents is 1. The highest BCUT2D eigenvalue weighted by molar-refractivity contribution is 6.42. The third-order valence-corrected chi connectivity index (χ3v) is 1.66. The number of carboxylic acids is 1. The second-order valence-corrected chi connectivity index (χ2v) is 2.80. The van der Waals surface area contributed by atoms with E-state index in [4.69, 9.17) is 21.8 Å². The fourth-order valence-corrected chi connectivity index (χ4v) is 0.905. The molecule has 13 heavy (non-hydrogen) atoms. The van der Waals surface area contributed by atoms with Crippen molar-refractivity contribution in [1.29, 1.82) is 0 Å². The topological polar surface area (TPSA) is 57.5 Å². The molecule has 0 atom stereocenters. The molecule has 0 bridgehead atoms. The van der Waals surface area contributed by atoms with E-state index in [0.29, 0.717) is 5.56 Å². The molecule has 0 aliphatic carbocycles. The van der Waals surface area contributed by atoms with Crippen molar-refractivity contribution in [3.63, 3.8) is 0 Å². The van der Waals surface area contributed by atoms with Gasteiger partial charge in [0, 0.05) is 0 Å². The van der Waals surface area contributed by atoms with Gasteiger partial charge >= 0.3 is 5.97 Å². The average molecular weight is 199 g/mol. The van der Waals surface area contributed by atoms with Gasteiger partial charge in [0.05, 0.1) is 0 Å². The standard InChI is InChI=1S/C9H7ClO3/c10-8(9(12)13)5-6-1-3-7(11)4-2-6/h1-5,11H,(H,12,13)/b8-5+. The molecule has 0 aliphatic rings. The Bertz CT molecular complexity index is 340. The zero-order valence-electron chi connectivity index (χ0n) is 6.57. The SMILES string of the molecule is O=C(O)/C(Cl)=C\c1ccc(O)cc1. The van der Waals surface area contributed by atoms with Gasteiger partial charge in [0.2, 0.25) is 0 Å². The molecule has 1 rings (SSSR count). The molecular weight excluding hydrogens is 192 g/mol. The maximum absolute atomic E-state index is 10.3. The first-order valence-electron chi connectivity index (χ1n) is 3.49. The summed E-state index contributed by atoms with van der Waals surface area (Å²) in [5, 5.41) is 17.1. The van der Waals surface area contributed by atoms with E-state index in [-0.39, 0.29) is 10.8 Å². The molecule has 0 aliphatic heterocycles. The van der Waals surface area contributed by atoms with Crippen molar-refractivity contribution in [2.75, 3.05) is 0 Å². The molecule has 0 amide bonds. The van der Waals surface area contributed by atoms with Crippen molar-refractivity contribution in [2.24, 2.45) is 0 Å². The van der Waals surface area contributed by atoms with Crippen LogP contribution in [0.2, 0.25) is 0 Å². The minimum Gasteiger partial charge on any atom is -0.508 e. The zero-order valence-corrected chi connectivity index (χ0v) is 7.32. The van der Waals surface area contributed by atoms with Gasteiger partial charge in [-0.15, -0.1) is 0 Å². The first kappa shape index (κ1) is 9.61. The molecule has 0 spiro atoms. The van der Waals surface area contributed by atoms with E-state index in [1.165, 1.54) is 18.2 Å². The predicted molar refractivity (Wildman–Crippen MR) is 49.6 cm³/mol. The van der Waals surface area contributed by atoms with Gasteiger partial charge in [0.1, 0.15) is 10.8 Å². The number of rotatable bonds is 2. The number of aromatic hydroxyl groups is 1. The van der Waals surface area contributed by atoms with E-state index in [0.717, 1.165) is 0 Å². The molecule has 0 unspecified atom stereocenters. The van der Waals surface area contributed by atoms with Crippen LogP contribution in [0.1, 0.15) is 5.56 Å². The lowest BCUT2D eigenvalue weighted by molar-refractivity contribution is -0.131. The van der Waals surface area contributed by atoms with Gasteiger partial charge in [-0.25, -0.2) is 4.79 Å². The second kappa shape index (κ2) is 3.96. The number of carboxylic acid groups (broad SMARTS) is 1. The van der Waals surface area contributed by atoms with Crippen LogP contribution >= 0.6 is 11.6 Å². The van der Waals surface area contributed by atoms with Crippen LogP contribution < -0.4 is 0 Å². The first-order chi connectivity index (χ1) is 6.09. The third kappa shape index (κ3) is 2.80. The average Bonchev–Trinajstić information content (AvgIpc) is 2.08. The van der Waals surface area contributed by atoms with E-state index in [1.54, 1.807) is 12.1 Å². The summed E-state index contributed by atoms with van der Waals surface area (Å²) in [5.74, 6) is -1.04. The molecule has 0 saturated carbocycles. The van der Waals surface area contributed by atoms with Crippen LogP contribution in [0.5, 0.6) is 5.75 Å². The number of halogens is 1. The van der Waals surface area contributed by atoms with Crippen LogP contribution in [-0.2, 0) is 4.79 Å². The van der Waals surface area contributed by atoms with E-state index in [2.05, 4.69) is 0 Å². The molecule has 1 aromatic rings. The van der Waals surface area contributed by atoms with Gasteiger partial charge in [-0.3, -0.25) is 0 Å². The minimum absolute atomic E-state index is 0.128.